The Balaban J connectivity index is 2.02. The van der Waals surface area contributed by atoms with Gasteiger partial charge in [0.2, 0.25) is 6.29 Å². The fourth-order valence-electron chi connectivity index (χ4n) is 1.29. The summed E-state index contributed by atoms with van der Waals surface area (Å²) in [5.74, 6) is 0.756. The maximum atomic E-state index is 5.20. The summed E-state index contributed by atoms with van der Waals surface area (Å²) in [4.78, 5) is 10.1. The van der Waals surface area contributed by atoms with Crippen LogP contribution in [0.15, 0.2) is 36.9 Å². The van der Waals surface area contributed by atoms with Gasteiger partial charge in [0.15, 0.2) is 5.75 Å². The molecule has 1 aromatic carbocycles. The molecule has 73 valence electrons. The van der Waals surface area contributed by atoms with Crippen LogP contribution in [-0.2, 0) is 16.0 Å². The van der Waals surface area contributed by atoms with E-state index < -0.39 is 0 Å². The average Bonchev–Trinajstić information content (AvgIpc) is 2.26. The van der Waals surface area contributed by atoms with Crippen molar-refractivity contribution in [2.24, 2.45) is 0 Å². The molecule has 0 N–H and O–H groups in total. The Labute approximate surface area is 82.8 Å². The van der Waals surface area contributed by atoms with Crippen molar-refractivity contribution >= 4 is 0 Å². The van der Waals surface area contributed by atoms with Gasteiger partial charge >= 0.3 is 0 Å². The van der Waals surface area contributed by atoms with Gasteiger partial charge in [-0.05, 0) is 6.07 Å². The molecule has 1 radical (unpaired) electrons. The van der Waals surface area contributed by atoms with Crippen molar-refractivity contribution in [2.75, 3.05) is 0 Å². The quantitative estimate of drug-likeness (QED) is 0.689. The van der Waals surface area contributed by atoms with E-state index in [1.807, 2.05) is 24.3 Å². The highest BCUT2D eigenvalue weighted by Gasteiger charge is 2.20. The molecule has 0 bridgehead atoms. The van der Waals surface area contributed by atoms with Crippen LogP contribution in [0.2, 0.25) is 0 Å². The molecule has 0 aliphatic carbocycles. The van der Waals surface area contributed by atoms with E-state index in [9.17, 15) is 0 Å². The first-order chi connectivity index (χ1) is 6.90. The Morgan fingerprint density at radius 1 is 1.43 bits per heavy atom. The predicted octanol–water partition coefficient (Wildman–Crippen LogP) is 2.24. The summed E-state index contributed by atoms with van der Waals surface area (Å²) in [5.41, 5.74) is 1.08. The zero-order chi connectivity index (χ0) is 9.80. The summed E-state index contributed by atoms with van der Waals surface area (Å²) in [6.45, 7) is 5.00. The van der Waals surface area contributed by atoms with Crippen molar-refractivity contribution in [3.05, 3.63) is 49.1 Å². The molecule has 3 heteroatoms. The van der Waals surface area contributed by atoms with E-state index >= 15 is 0 Å². The highest BCUT2D eigenvalue weighted by molar-refractivity contribution is 5.33. The summed E-state index contributed by atoms with van der Waals surface area (Å²) in [6.07, 6.45) is 1.85. The average molecular weight is 193 g/mol. The van der Waals surface area contributed by atoms with Gasteiger partial charge in [0.1, 0.15) is 6.61 Å². The Hall–Kier alpha value is -1.32. The van der Waals surface area contributed by atoms with Crippen molar-refractivity contribution in [2.45, 2.75) is 12.7 Å². The number of hydrogen-bond donors (Lipinski definition) is 0. The SMILES string of the molecule is C=C[CH]O[14CH]1Cc2ccccc2OO1. The zero-order valence-electron chi connectivity index (χ0n) is 7.68. The highest BCUT2D eigenvalue weighted by Crippen LogP contribution is 2.25. The fraction of sp³-hybridized carbons (Fsp3) is 0.182. The van der Waals surface area contributed by atoms with Crippen molar-refractivity contribution in [1.82, 2.24) is 0 Å². The molecule has 1 aromatic rings. The second-order valence-corrected chi connectivity index (χ2v) is 2.93. The molecule has 0 fully saturated rings. The van der Waals surface area contributed by atoms with Crippen LogP contribution < -0.4 is 4.89 Å². The van der Waals surface area contributed by atoms with Crippen molar-refractivity contribution in [1.29, 1.82) is 0 Å². The molecular weight excluding hydrogens is 182 g/mol. The summed E-state index contributed by atoms with van der Waals surface area (Å²) >= 11 is 0. The normalized spacial score (nSPS) is 19.6. The number of hydrogen-bond acceptors (Lipinski definition) is 3. The molecule has 0 saturated heterocycles. The van der Waals surface area contributed by atoms with Gasteiger partial charge in [-0.2, -0.15) is 4.89 Å². The minimum atomic E-state index is -0.386. The molecule has 0 spiro atoms. The number of rotatable bonds is 3. The van der Waals surface area contributed by atoms with Crippen LogP contribution in [0.5, 0.6) is 5.75 Å². The number of para-hydroxylation sites is 1. The van der Waals surface area contributed by atoms with Gasteiger partial charge < -0.3 is 9.62 Å². The maximum absolute atomic E-state index is 5.20. The van der Waals surface area contributed by atoms with Crippen LogP contribution in [0.3, 0.4) is 0 Å². The number of fused-ring (bicyclic) bond motifs is 1. The van der Waals surface area contributed by atoms with Crippen LogP contribution in [-0.4, -0.2) is 6.29 Å². The van der Waals surface area contributed by atoms with Crippen molar-refractivity contribution in [3.63, 3.8) is 0 Å². The monoisotopic (exact) mass is 193 g/mol. The Morgan fingerprint density at radius 3 is 3.14 bits per heavy atom. The molecule has 1 atom stereocenters. The molecule has 2 rings (SSSR count). The molecule has 0 saturated carbocycles. The second kappa shape index (κ2) is 4.26. The van der Waals surface area contributed by atoms with Gasteiger partial charge in [-0.15, -0.1) is 6.58 Å². The Morgan fingerprint density at radius 2 is 2.29 bits per heavy atom. The standard InChI is InChI=1S/C11H11O3/c1-2-7-12-11-8-9-5-3-4-6-10(9)13-14-11/h2-7,11H,1,8H2/i11+2. The van der Waals surface area contributed by atoms with Crippen molar-refractivity contribution < 1.29 is 14.5 Å². The lowest BCUT2D eigenvalue weighted by atomic mass is 10.2. The van der Waals surface area contributed by atoms with E-state index in [4.69, 9.17) is 14.5 Å². The summed E-state index contributed by atoms with van der Waals surface area (Å²) in [6, 6.07) is 7.71. The van der Waals surface area contributed by atoms with Gasteiger partial charge in [-0.25, -0.2) is 0 Å². The van der Waals surface area contributed by atoms with Crippen LogP contribution in [0.4, 0.5) is 0 Å². The Bertz CT molecular complexity index is 322. The summed E-state index contributed by atoms with van der Waals surface area (Å²) < 4.78 is 5.20. The predicted molar refractivity (Wildman–Crippen MR) is 51.2 cm³/mol. The summed E-state index contributed by atoms with van der Waals surface area (Å²) in [5, 5.41) is 0. The molecule has 0 amide bonds. The number of benzene rings is 1. The highest BCUT2D eigenvalue weighted by atomic mass is 17.3. The zero-order valence-corrected chi connectivity index (χ0v) is 7.68. The lowest BCUT2D eigenvalue weighted by Gasteiger charge is -2.22. The van der Waals surface area contributed by atoms with E-state index in [1.54, 1.807) is 6.08 Å². The van der Waals surface area contributed by atoms with Gasteiger partial charge in [-0.1, -0.05) is 24.3 Å². The molecule has 1 aliphatic rings. The smallest absolute Gasteiger partial charge is 0.207 e. The van der Waals surface area contributed by atoms with E-state index in [2.05, 4.69) is 6.58 Å². The first kappa shape index (κ1) is 9.24. The van der Waals surface area contributed by atoms with Crippen LogP contribution in [0.1, 0.15) is 5.56 Å². The topological polar surface area (TPSA) is 27.7 Å². The molecule has 0 aromatic heterocycles. The van der Waals surface area contributed by atoms with Gasteiger partial charge in [0.05, 0.1) is 0 Å². The third-order valence-electron chi connectivity index (χ3n) is 1.93. The molecular formula is C11H11O3. The van der Waals surface area contributed by atoms with E-state index in [0.29, 0.717) is 6.42 Å². The van der Waals surface area contributed by atoms with Gasteiger partial charge in [0, 0.05) is 12.0 Å². The molecule has 1 unspecified atom stereocenters. The first-order valence-corrected chi connectivity index (χ1v) is 4.41. The minimum Gasteiger partial charge on any atom is -0.338 e. The number of ether oxygens (including phenoxy) is 1. The molecule has 3 nitrogen and oxygen atoms in total. The van der Waals surface area contributed by atoms with Gasteiger partial charge in [0.25, 0.3) is 0 Å². The second-order valence-electron chi connectivity index (χ2n) is 2.93. The lowest BCUT2D eigenvalue weighted by Crippen LogP contribution is -2.25. The van der Waals surface area contributed by atoms with Crippen molar-refractivity contribution in [3.8, 4) is 5.75 Å². The van der Waals surface area contributed by atoms with Crippen LogP contribution >= 0.6 is 0 Å². The minimum absolute atomic E-state index is 0.386. The molecule has 1 aliphatic heterocycles. The third kappa shape index (κ3) is 1.95. The van der Waals surface area contributed by atoms with E-state index in [0.717, 1.165) is 11.3 Å². The lowest BCUT2D eigenvalue weighted by molar-refractivity contribution is -0.318. The van der Waals surface area contributed by atoms with E-state index in [1.165, 1.54) is 6.61 Å². The first-order valence-electron chi connectivity index (χ1n) is 4.41. The Kier molecular flexibility index (Phi) is 2.81. The molecule has 1 heterocycles. The van der Waals surface area contributed by atoms with Crippen LogP contribution in [0.25, 0.3) is 0 Å². The fourth-order valence-corrected chi connectivity index (χ4v) is 1.29. The molecule has 14 heavy (non-hydrogen) atoms. The summed E-state index contributed by atoms with van der Waals surface area (Å²) in [7, 11) is 0. The van der Waals surface area contributed by atoms with Crippen LogP contribution in [0, 0.1) is 6.61 Å². The maximum Gasteiger partial charge on any atom is 0.207 e. The van der Waals surface area contributed by atoms with E-state index in [-0.39, 0.29) is 6.29 Å². The largest absolute Gasteiger partial charge is 0.338 e. The van der Waals surface area contributed by atoms with Gasteiger partial charge in [-0.3, -0.25) is 0 Å². The third-order valence-corrected chi connectivity index (χ3v) is 1.93.